The largest absolute Gasteiger partial charge is 0.480 e. The number of aliphatic carboxylic acids is 9. The van der Waals surface area contributed by atoms with E-state index in [9.17, 15) is 89.1 Å². The maximum Gasteiger partial charge on any atom is 0.332 e. The maximum atomic E-state index is 11.6. The molecule has 0 rings (SSSR count). The maximum absolute atomic E-state index is 11.6. The molecule has 0 aromatic carbocycles. The average molecular weight is 511 g/mol. The van der Waals surface area contributed by atoms with Crippen LogP contribution in [0.2, 0.25) is 0 Å². The molecule has 0 aromatic heterocycles. The summed E-state index contributed by atoms with van der Waals surface area (Å²) < 4.78 is 0. The summed E-state index contributed by atoms with van der Waals surface area (Å²) in [6.45, 7) is 0. The van der Waals surface area contributed by atoms with Crippen LogP contribution in [0, 0.1) is 16.2 Å². The summed E-state index contributed by atoms with van der Waals surface area (Å²) in [5.41, 5.74) is -10.6. The highest BCUT2D eigenvalue weighted by Crippen LogP contribution is 2.44. The third-order valence-electron chi connectivity index (χ3n) is 5.14. The summed E-state index contributed by atoms with van der Waals surface area (Å²) in [5.74, 6) is -25.0. The molecule has 0 spiro atoms. The predicted octanol–water partition coefficient (Wildman–Crippen LogP) is -3.43. The number of carbonyl (C=O) groups is 9. The normalized spacial score (nSPS) is 12.3. The quantitative estimate of drug-likeness (QED) is 0.0955. The van der Waals surface area contributed by atoms with Crippen LogP contribution in [0.5, 0.6) is 0 Å². The minimum absolute atomic E-state index is 2.26. The van der Waals surface area contributed by atoms with Crippen LogP contribution in [0.15, 0.2) is 0 Å². The highest BCUT2D eigenvalue weighted by molar-refractivity contribution is 6.18. The van der Waals surface area contributed by atoms with Gasteiger partial charge < -0.3 is 51.7 Å². The van der Waals surface area contributed by atoms with E-state index in [1.165, 1.54) is 0 Å². The third kappa shape index (κ3) is 4.78. The highest BCUT2D eigenvalue weighted by Gasteiger charge is 2.67. The van der Waals surface area contributed by atoms with Crippen LogP contribution in [0.25, 0.3) is 0 Å². The van der Waals surface area contributed by atoms with Gasteiger partial charge in [0.15, 0.2) is 0 Å². The van der Waals surface area contributed by atoms with Crippen molar-refractivity contribution in [1.82, 2.24) is 0 Å². The summed E-state index contributed by atoms with van der Waals surface area (Å²) in [7, 11) is 0. The van der Waals surface area contributed by atoms with Gasteiger partial charge in [-0.1, -0.05) is 0 Å². The highest BCUT2D eigenvalue weighted by atomic mass is 16.4. The van der Waals surface area contributed by atoms with E-state index in [0.717, 1.165) is 0 Å². The van der Waals surface area contributed by atoms with Crippen LogP contribution in [0.1, 0.15) is 19.3 Å². The van der Waals surface area contributed by atoms with Crippen LogP contribution >= 0.6 is 0 Å². The Labute approximate surface area is 190 Å². The molecule has 0 bridgehead atoms. The first-order valence-electron chi connectivity index (χ1n) is 8.51. The number of hydrogen-bond donors (Lipinski definition) is 10. The summed E-state index contributed by atoms with van der Waals surface area (Å²) in [4.78, 5) is 104. The van der Waals surface area contributed by atoms with E-state index in [2.05, 4.69) is 0 Å². The SMILES string of the molecule is NC(CC(C(=O)O)(C(=O)O)C(=O)O)(CC(C(=O)O)(C(=O)O)C(=O)O)CC(C(=O)O)(C(=O)O)C(=O)O. The van der Waals surface area contributed by atoms with Crippen LogP contribution in [0.3, 0.4) is 0 Å². The first kappa shape index (κ1) is 30.2. The predicted molar refractivity (Wildman–Crippen MR) is 96.8 cm³/mol. The summed E-state index contributed by atoms with van der Waals surface area (Å²) in [5, 5.41) is 83.4. The van der Waals surface area contributed by atoms with Crippen molar-refractivity contribution in [1.29, 1.82) is 0 Å². The first-order valence-corrected chi connectivity index (χ1v) is 8.51. The summed E-state index contributed by atoms with van der Waals surface area (Å²) >= 11 is 0. The second kappa shape index (κ2) is 9.59. The zero-order valence-corrected chi connectivity index (χ0v) is 16.9. The van der Waals surface area contributed by atoms with E-state index in [1.807, 2.05) is 0 Å². The molecular formula is C16H17NO18. The molecule has 0 heterocycles. The zero-order valence-electron chi connectivity index (χ0n) is 16.9. The molecule has 11 N–H and O–H groups in total. The van der Waals surface area contributed by atoms with Crippen molar-refractivity contribution in [3.05, 3.63) is 0 Å². The van der Waals surface area contributed by atoms with Crippen molar-refractivity contribution in [3.8, 4) is 0 Å². The third-order valence-corrected chi connectivity index (χ3v) is 5.14. The van der Waals surface area contributed by atoms with Crippen molar-refractivity contribution < 1.29 is 89.1 Å². The smallest absolute Gasteiger partial charge is 0.332 e. The molecule has 194 valence electrons. The Morgan fingerprint density at radius 1 is 0.371 bits per heavy atom. The van der Waals surface area contributed by atoms with E-state index in [1.54, 1.807) is 0 Å². The van der Waals surface area contributed by atoms with E-state index < -0.39 is 94.8 Å². The van der Waals surface area contributed by atoms with Crippen molar-refractivity contribution in [2.45, 2.75) is 24.8 Å². The molecule has 0 unspecified atom stereocenters. The molecule has 0 amide bonds. The van der Waals surface area contributed by atoms with Gasteiger partial charge in [0, 0.05) is 24.8 Å². The van der Waals surface area contributed by atoms with Crippen LogP contribution < -0.4 is 5.73 Å². The van der Waals surface area contributed by atoms with Crippen LogP contribution in [-0.4, -0.2) is 105 Å². The Morgan fingerprint density at radius 2 is 0.486 bits per heavy atom. The number of rotatable bonds is 15. The number of carboxylic acids is 9. The molecule has 0 radical (unpaired) electrons. The van der Waals surface area contributed by atoms with Gasteiger partial charge in [-0.25, -0.2) is 0 Å². The Morgan fingerprint density at radius 3 is 0.571 bits per heavy atom. The minimum Gasteiger partial charge on any atom is -0.480 e. The molecule has 0 aromatic rings. The van der Waals surface area contributed by atoms with Gasteiger partial charge in [0.1, 0.15) is 0 Å². The lowest BCUT2D eigenvalue weighted by molar-refractivity contribution is -0.179. The first-order chi connectivity index (χ1) is 15.6. The molecule has 0 saturated heterocycles. The molecule has 19 nitrogen and oxygen atoms in total. The van der Waals surface area contributed by atoms with Crippen LogP contribution in [-0.2, 0) is 43.2 Å². The lowest BCUT2D eigenvalue weighted by atomic mass is 9.62. The fourth-order valence-corrected chi connectivity index (χ4v) is 3.28. The lowest BCUT2D eigenvalue weighted by Crippen LogP contribution is -2.63. The molecule has 0 aliphatic heterocycles. The molecule has 19 heteroatoms. The Kier molecular flexibility index (Phi) is 8.27. The number of nitrogens with two attached hydrogens (primary N) is 1. The van der Waals surface area contributed by atoms with Gasteiger partial charge in [-0.3, -0.25) is 43.2 Å². The van der Waals surface area contributed by atoms with Crippen molar-refractivity contribution in [3.63, 3.8) is 0 Å². The number of hydrogen-bond acceptors (Lipinski definition) is 10. The van der Waals surface area contributed by atoms with Gasteiger partial charge in [0.05, 0.1) is 0 Å². The van der Waals surface area contributed by atoms with E-state index in [-0.39, 0.29) is 0 Å². The number of carboxylic acid groups (broad SMARTS) is 9. The monoisotopic (exact) mass is 511 g/mol. The van der Waals surface area contributed by atoms with Gasteiger partial charge >= 0.3 is 53.7 Å². The van der Waals surface area contributed by atoms with Gasteiger partial charge in [-0.2, -0.15) is 0 Å². The molecule has 0 atom stereocenters. The van der Waals surface area contributed by atoms with Gasteiger partial charge in [-0.05, 0) is 0 Å². The van der Waals surface area contributed by atoms with Crippen LogP contribution in [0.4, 0.5) is 0 Å². The molecular weight excluding hydrogens is 494 g/mol. The average Bonchev–Trinajstić information content (AvgIpc) is 2.66. The Balaban J connectivity index is 7.64. The fourth-order valence-electron chi connectivity index (χ4n) is 3.28. The summed E-state index contributed by atoms with van der Waals surface area (Å²) in [6, 6.07) is 0. The Bertz CT molecular complexity index is 789. The van der Waals surface area contributed by atoms with Crippen molar-refractivity contribution >= 4 is 53.7 Å². The minimum atomic E-state index is -4.18. The van der Waals surface area contributed by atoms with Gasteiger partial charge in [-0.15, -0.1) is 0 Å². The topological polar surface area (TPSA) is 362 Å². The summed E-state index contributed by atoms with van der Waals surface area (Å²) in [6.07, 6.45) is -6.78. The van der Waals surface area contributed by atoms with E-state index in [0.29, 0.717) is 0 Å². The van der Waals surface area contributed by atoms with Gasteiger partial charge in [0.25, 0.3) is 16.2 Å². The Hall–Kier alpha value is -4.81. The second-order valence-corrected chi connectivity index (χ2v) is 7.36. The van der Waals surface area contributed by atoms with Crippen molar-refractivity contribution in [2.24, 2.45) is 22.0 Å². The lowest BCUT2D eigenvalue weighted by Gasteiger charge is -2.40. The molecule has 35 heavy (non-hydrogen) atoms. The van der Waals surface area contributed by atoms with Gasteiger partial charge in [0.2, 0.25) is 0 Å². The molecule has 0 aliphatic rings. The fraction of sp³-hybridized carbons (Fsp3) is 0.438. The van der Waals surface area contributed by atoms with Crippen molar-refractivity contribution in [2.75, 3.05) is 0 Å². The van der Waals surface area contributed by atoms with E-state index >= 15 is 0 Å². The molecule has 0 saturated carbocycles. The van der Waals surface area contributed by atoms with E-state index in [4.69, 9.17) is 5.73 Å². The zero-order chi connectivity index (χ0) is 28.3. The standard InChI is InChI=1S/C16H17NO18/c17-13(1-14(4(18)19,5(20)21)6(22)23,2-15(7(24)25,8(26)27)9(28)29)3-16(10(30)31,11(32)33)12(34)35/h1-3,17H2,(H,18,19)(H,20,21)(H,22,23)(H,24,25)(H,26,27)(H,28,29)(H,30,31)(H,32,33)(H,34,35). The molecule has 0 fully saturated rings. The molecule has 0 aliphatic carbocycles. The second-order valence-electron chi connectivity index (χ2n) is 7.36.